The van der Waals surface area contributed by atoms with Crippen LogP contribution in [0.15, 0.2) is 0 Å². The minimum Gasteiger partial charge on any atom is -0.318 e. The van der Waals surface area contributed by atoms with Gasteiger partial charge in [0.1, 0.15) is 0 Å². The van der Waals surface area contributed by atoms with Gasteiger partial charge in [-0.25, -0.2) is 0 Å². The summed E-state index contributed by atoms with van der Waals surface area (Å²) in [5.74, 6) is 0.208. The van der Waals surface area contributed by atoms with Crippen LogP contribution < -0.4 is 5.32 Å². The molecule has 0 saturated heterocycles. The number of nitrogens with zero attached hydrogens (tertiary/aromatic N) is 1. The first-order valence-corrected chi connectivity index (χ1v) is 3.39. The predicted octanol–water partition coefficient (Wildman–Crippen LogP) is 1.15. The van der Waals surface area contributed by atoms with Gasteiger partial charge in [0.2, 0.25) is 0 Å². The lowest BCUT2D eigenvalue weighted by molar-refractivity contribution is 0.557. The first-order chi connectivity index (χ1) is 4.35. The van der Waals surface area contributed by atoms with Crippen molar-refractivity contribution in [3.63, 3.8) is 0 Å². The van der Waals surface area contributed by atoms with Crippen molar-refractivity contribution in [2.24, 2.45) is 5.92 Å². The van der Waals surface area contributed by atoms with Crippen molar-refractivity contribution < 1.29 is 0 Å². The van der Waals surface area contributed by atoms with Gasteiger partial charge in [-0.15, -0.1) is 0 Å². The molecule has 0 saturated carbocycles. The van der Waals surface area contributed by atoms with E-state index in [0.29, 0.717) is 0 Å². The molecule has 1 N–H and O–H groups in total. The Morgan fingerprint density at radius 3 is 2.67 bits per heavy atom. The fraction of sp³-hybridized carbons (Fsp3) is 0.857. The smallest absolute Gasteiger partial charge is 0.0669 e. The minimum atomic E-state index is 0.208. The summed E-state index contributed by atoms with van der Waals surface area (Å²) in [6.45, 7) is 2.92. The van der Waals surface area contributed by atoms with Crippen LogP contribution in [0.3, 0.4) is 0 Å². The Morgan fingerprint density at radius 2 is 2.33 bits per heavy atom. The summed E-state index contributed by atoms with van der Waals surface area (Å²) in [5.41, 5.74) is 0. The molecule has 0 spiro atoms. The van der Waals surface area contributed by atoms with Crippen molar-refractivity contribution in [2.75, 3.05) is 13.6 Å². The molecule has 0 aromatic heterocycles. The molecule has 0 aromatic carbocycles. The summed E-state index contributed by atoms with van der Waals surface area (Å²) < 4.78 is 0. The molecule has 0 aromatic rings. The molecule has 0 heterocycles. The van der Waals surface area contributed by atoms with E-state index in [1.807, 2.05) is 7.05 Å². The van der Waals surface area contributed by atoms with E-state index >= 15 is 0 Å². The van der Waals surface area contributed by atoms with Crippen molar-refractivity contribution in [3.05, 3.63) is 0 Å². The number of hydrogen-bond donors (Lipinski definition) is 1. The fourth-order valence-electron chi connectivity index (χ4n) is 0.807. The highest BCUT2D eigenvalue weighted by molar-refractivity contribution is 4.83. The lowest BCUT2D eigenvalue weighted by Gasteiger charge is -2.03. The molecule has 52 valence electrons. The summed E-state index contributed by atoms with van der Waals surface area (Å²) in [6, 6.07) is 2.24. The second-order valence-corrected chi connectivity index (χ2v) is 2.17. The average molecular weight is 126 g/mol. The maximum absolute atomic E-state index is 8.50. The highest BCUT2D eigenvalue weighted by atomic mass is 14.8. The van der Waals surface area contributed by atoms with Gasteiger partial charge in [0.05, 0.1) is 12.0 Å². The van der Waals surface area contributed by atoms with Crippen LogP contribution in [0.1, 0.15) is 19.8 Å². The zero-order chi connectivity index (χ0) is 7.11. The molecule has 2 heteroatoms. The highest BCUT2D eigenvalue weighted by Crippen LogP contribution is 2.01. The van der Waals surface area contributed by atoms with Crippen LogP contribution in [0, 0.1) is 17.2 Å². The van der Waals surface area contributed by atoms with Gasteiger partial charge in [0.25, 0.3) is 0 Å². The Morgan fingerprint density at radius 1 is 1.67 bits per heavy atom. The minimum absolute atomic E-state index is 0.208. The van der Waals surface area contributed by atoms with Gasteiger partial charge >= 0.3 is 0 Å². The first-order valence-electron chi connectivity index (χ1n) is 3.39. The van der Waals surface area contributed by atoms with E-state index in [9.17, 15) is 0 Å². The van der Waals surface area contributed by atoms with Gasteiger partial charge in [-0.2, -0.15) is 5.26 Å². The first kappa shape index (κ1) is 8.45. The molecule has 0 amide bonds. The third-order valence-electron chi connectivity index (χ3n) is 1.27. The molecule has 1 atom stereocenters. The summed E-state index contributed by atoms with van der Waals surface area (Å²) in [6.07, 6.45) is 2.11. The lowest BCUT2D eigenvalue weighted by Crippen LogP contribution is -2.16. The molecule has 1 unspecified atom stereocenters. The predicted molar refractivity (Wildman–Crippen MR) is 37.9 cm³/mol. The molecular weight excluding hydrogens is 112 g/mol. The van der Waals surface area contributed by atoms with Crippen LogP contribution in [-0.2, 0) is 0 Å². The van der Waals surface area contributed by atoms with E-state index in [0.717, 1.165) is 19.4 Å². The Balaban J connectivity index is 3.32. The summed E-state index contributed by atoms with van der Waals surface area (Å²) in [5, 5.41) is 11.5. The SMILES string of the molecule is CCCC(C#N)CNC. The maximum atomic E-state index is 8.50. The molecule has 0 radical (unpaired) electrons. The van der Waals surface area contributed by atoms with E-state index < -0.39 is 0 Å². The zero-order valence-electron chi connectivity index (χ0n) is 6.15. The number of nitrogens with one attached hydrogen (secondary N) is 1. The molecule has 0 bridgehead atoms. The van der Waals surface area contributed by atoms with E-state index in [2.05, 4.69) is 18.3 Å². The Kier molecular flexibility index (Phi) is 5.24. The topological polar surface area (TPSA) is 35.8 Å². The van der Waals surface area contributed by atoms with E-state index in [-0.39, 0.29) is 5.92 Å². The molecule has 9 heavy (non-hydrogen) atoms. The Hall–Kier alpha value is -0.550. The Bertz CT molecular complexity index is 87.6. The second kappa shape index (κ2) is 5.58. The van der Waals surface area contributed by atoms with E-state index in [1.165, 1.54) is 0 Å². The van der Waals surface area contributed by atoms with Crippen molar-refractivity contribution >= 4 is 0 Å². The second-order valence-electron chi connectivity index (χ2n) is 2.17. The van der Waals surface area contributed by atoms with Crippen LogP contribution in [0.2, 0.25) is 0 Å². The van der Waals surface area contributed by atoms with Crippen LogP contribution in [0.4, 0.5) is 0 Å². The van der Waals surface area contributed by atoms with Gasteiger partial charge in [-0.3, -0.25) is 0 Å². The largest absolute Gasteiger partial charge is 0.318 e. The van der Waals surface area contributed by atoms with Gasteiger partial charge in [0, 0.05) is 6.54 Å². The summed E-state index contributed by atoms with van der Waals surface area (Å²) >= 11 is 0. The molecule has 0 aliphatic rings. The lowest BCUT2D eigenvalue weighted by atomic mass is 10.1. The third kappa shape index (κ3) is 3.99. The Labute approximate surface area is 56.9 Å². The fourth-order valence-corrected chi connectivity index (χ4v) is 0.807. The van der Waals surface area contributed by atoms with E-state index in [1.54, 1.807) is 0 Å². The van der Waals surface area contributed by atoms with Crippen LogP contribution in [0.25, 0.3) is 0 Å². The number of hydrogen-bond acceptors (Lipinski definition) is 2. The molecule has 0 aliphatic carbocycles. The highest BCUT2D eigenvalue weighted by Gasteiger charge is 2.01. The third-order valence-corrected chi connectivity index (χ3v) is 1.27. The van der Waals surface area contributed by atoms with Crippen molar-refractivity contribution in [1.82, 2.24) is 5.32 Å². The molecule has 0 aliphatic heterocycles. The van der Waals surface area contributed by atoms with Gasteiger partial charge in [0.15, 0.2) is 0 Å². The molecule has 2 nitrogen and oxygen atoms in total. The van der Waals surface area contributed by atoms with Gasteiger partial charge < -0.3 is 5.32 Å². The normalized spacial score (nSPS) is 12.6. The van der Waals surface area contributed by atoms with Crippen molar-refractivity contribution in [1.29, 1.82) is 5.26 Å². The maximum Gasteiger partial charge on any atom is 0.0669 e. The van der Waals surface area contributed by atoms with Crippen molar-refractivity contribution in [2.45, 2.75) is 19.8 Å². The van der Waals surface area contributed by atoms with Crippen LogP contribution in [0.5, 0.6) is 0 Å². The number of nitriles is 1. The quantitative estimate of drug-likeness (QED) is 0.613. The molecule has 0 rings (SSSR count). The zero-order valence-corrected chi connectivity index (χ0v) is 6.15. The van der Waals surface area contributed by atoms with E-state index in [4.69, 9.17) is 5.26 Å². The van der Waals surface area contributed by atoms with Crippen molar-refractivity contribution in [3.8, 4) is 6.07 Å². The standard InChI is InChI=1S/C7H14N2/c1-3-4-7(5-8)6-9-2/h7,9H,3-4,6H2,1-2H3. The monoisotopic (exact) mass is 126 g/mol. The molecule has 0 fully saturated rings. The van der Waals surface area contributed by atoms with Crippen LogP contribution >= 0.6 is 0 Å². The number of rotatable bonds is 4. The van der Waals surface area contributed by atoms with Gasteiger partial charge in [-0.1, -0.05) is 13.3 Å². The average Bonchev–Trinajstić information content (AvgIpc) is 1.88. The molecular formula is C7H14N2. The van der Waals surface area contributed by atoms with Crippen LogP contribution in [-0.4, -0.2) is 13.6 Å². The summed E-state index contributed by atoms with van der Waals surface area (Å²) in [4.78, 5) is 0. The summed E-state index contributed by atoms with van der Waals surface area (Å²) in [7, 11) is 1.88. The van der Waals surface area contributed by atoms with Gasteiger partial charge in [-0.05, 0) is 13.5 Å².